The standard InChI is InChI=1S/C28H26FN3O4/c1-18(2)15-25(34)30-21-13-14-22(23(29)16-21)24(33)17-32-26(35)28(31-27(32)36,19-9-5-3-6-10-19)20-11-7-4-8-12-20/h3-14,16,18H,15,17H2,1-2H3,(H,30,34)(H,31,36). The van der Waals surface area contributed by atoms with Crippen LogP contribution in [0.25, 0.3) is 0 Å². The third-order valence-corrected chi connectivity index (χ3v) is 5.97. The van der Waals surface area contributed by atoms with E-state index in [2.05, 4.69) is 10.6 Å². The molecule has 3 aromatic carbocycles. The Morgan fingerprint density at radius 1 is 0.944 bits per heavy atom. The summed E-state index contributed by atoms with van der Waals surface area (Å²) in [5, 5.41) is 5.36. The number of amides is 4. The largest absolute Gasteiger partial charge is 0.326 e. The minimum atomic E-state index is -1.51. The maximum Gasteiger partial charge on any atom is 0.325 e. The van der Waals surface area contributed by atoms with Crippen molar-refractivity contribution < 1.29 is 23.6 Å². The van der Waals surface area contributed by atoms with Gasteiger partial charge in [-0.25, -0.2) is 9.18 Å². The highest BCUT2D eigenvalue weighted by Crippen LogP contribution is 2.36. The molecule has 0 bridgehead atoms. The van der Waals surface area contributed by atoms with Gasteiger partial charge in [0.15, 0.2) is 11.3 Å². The number of Topliss-reactive ketones (excluding diaryl/α,β-unsaturated/α-hetero) is 1. The van der Waals surface area contributed by atoms with Crippen LogP contribution in [0.4, 0.5) is 14.9 Å². The number of rotatable bonds is 8. The Bertz CT molecular complexity index is 1270. The first kappa shape index (κ1) is 24.8. The minimum Gasteiger partial charge on any atom is -0.326 e. The molecule has 0 radical (unpaired) electrons. The molecule has 3 aromatic rings. The van der Waals surface area contributed by atoms with E-state index >= 15 is 0 Å². The van der Waals surface area contributed by atoms with Crippen molar-refractivity contribution in [2.24, 2.45) is 5.92 Å². The molecule has 2 N–H and O–H groups in total. The topological polar surface area (TPSA) is 95.6 Å². The lowest BCUT2D eigenvalue weighted by Gasteiger charge is -2.28. The van der Waals surface area contributed by atoms with Gasteiger partial charge >= 0.3 is 6.03 Å². The zero-order valence-corrected chi connectivity index (χ0v) is 20.0. The van der Waals surface area contributed by atoms with Gasteiger partial charge in [0.1, 0.15) is 5.82 Å². The molecule has 0 unspecified atom stereocenters. The second-order valence-corrected chi connectivity index (χ2v) is 9.07. The van der Waals surface area contributed by atoms with Gasteiger partial charge in [-0.05, 0) is 35.2 Å². The van der Waals surface area contributed by atoms with Crippen molar-refractivity contribution in [1.29, 1.82) is 0 Å². The number of nitrogens with zero attached hydrogens (tertiary/aromatic N) is 1. The van der Waals surface area contributed by atoms with Crippen molar-refractivity contribution in [3.05, 3.63) is 101 Å². The Morgan fingerprint density at radius 3 is 2.06 bits per heavy atom. The Hall–Kier alpha value is -4.33. The third kappa shape index (κ3) is 4.75. The van der Waals surface area contributed by atoms with E-state index < -0.39 is 35.6 Å². The number of benzene rings is 3. The Kier molecular flexibility index (Phi) is 6.96. The van der Waals surface area contributed by atoms with Crippen LogP contribution in [0.1, 0.15) is 41.8 Å². The van der Waals surface area contributed by atoms with Crippen molar-refractivity contribution >= 4 is 29.3 Å². The van der Waals surface area contributed by atoms with Crippen LogP contribution < -0.4 is 10.6 Å². The molecule has 36 heavy (non-hydrogen) atoms. The molecule has 1 fully saturated rings. The molecule has 1 aliphatic heterocycles. The van der Waals surface area contributed by atoms with Crippen molar-refractivity contribution in [1.82, 2.24) is 10.2 Å². The summed E-state index contributed by atoms with van der Waals surface area (Å²) in [6.45, 7) is 3.14. The quantitative estimate of drug-likeness (QED) is 0.362. The van der Waals surface area contributed by atoms with Crippen molar-refractivity contribution in [2.75, 3.05) is 11.9 Å². The lowest BCUT2D eigenvalue weighted by Crippen LogP contribution is -2.45. The normalized spacial score (nSPS) is 14.6. The molecule has 0 aliphatic carbocycles. The van der Waals surface area contributed by atoms with E-state index in [1.807, 2.05) is 13.8 Å². The maximum absolute atomic E-state index is 14.8. The molecule has 1 aliphatic rings. The smallest absolute Gasteiger partial charge is 0.325 e. The van der Waals surface area contributed by atoms with E-state index in [0.717, 1.165) is 11.0 Å². The van der Waals surface area contributed by atoms with E-state index in [-0.39, 0.29) is 29.5 Å². The van der Waals surface area contributed by atoms with E-state index in [4.69, 9.17) is 0 Å². The van der Waals surface area contributed by atoms with E-state index in [1.54, 1.807) is 60.7 Å². The summed E-state index contributed by atoms with van der Waals surface area (Å²) < 4.78 is 14.8. The highest BCUT2D eigenvalue weighted by Gasteiger charge is 2.54. The average Bonchev–Trinajstić information content (AvgIpc) is 3.10. The number of hydrogen-bond donors (Lipinski definition) is 2. The van der Waals surface area contributed by atoms with Gasteiger partial charge in [-0.3, -0.25) is 19.3 Å². The van der Waals surface area contributed by atoms with Crippen molar-refractivity contribution in [2.45, 2.75) is 25.8 Å². The molecule has 4 amide bonds. The second kappa shape index (κ2) is 10.1. The molecule has 184 valence electrons. The Balaban J connectivity index is 1.59. The van der Waals surface area contributed by atoms with Gasteiger partial charge in [0.2, 0.25) is 5.91 Å². The number of nitrogens with one attached hydrogen (secondary N) is 2. The number of halogens is 1. The number of ketones is 1. The Morgan fingerprint density at radius 2 is 1.53 bits per heavy atom. The van der Waals surface area contributed by atoms with Crippen LogP contribution in [-0.2, 0) is 15.1 Å². The molecule has 0 spiro atoms. The number of carbonyl (C=O) groups is 4. The Labute approximate surface area is 208 Å². The maximum atomic E-state index is 14.8. The van der Waals surface area contributed by atoms with E-state index in [0.29, 0.717) is 11.1 Å². The summed E-state index contributed by atoms with van der Waals surface area (Å²) in [5.41, 5.74) is -0.496. The van der Waals surface area contributed by atoms with Gasteiger partial charge in [-0.15, -0.1) is 0 Å². The van der Waals surface area contributed by atoms with Crippen molar-refractivity contribution in [3.8, 4) is 0 Å². The lowest BCUT2D eigenvalue weighted by atomic mass is 9.82. The van der Waals surface area contributed by atoms with Gasteiger partial charge in [0, 0.05) is 12.1 Å². The zero-order chi connectivity index (χ0) is 25.9. The number of anilines is 1. The molecule has 4 rings (SSSR count). The molecule has 0 atom stereocenters. The van der Waals surface area contributed by atoms with Crippen molar-refractivity contribution in [3.63, 3.8) is 0 Å². The molecule has 7 nitrogen and oxygen atoms in total. The average molecular weight is 488 g/mol. The van der Waals surface area contributed by atoms with Crippen LogP contribution in [0.2, 0.25) is 0 Å². The molecule has 0 aromatic heterocycles. The van der Waals surface area contributed by atoms with Crippen LogP contribution >= 0.6 is 0 Å². The minimum absolute atomic E-state index is 0.138. The number of imide groups is 1. The second-order valence-electron chi connectivity index (χ2n) is 9.07. The monoisotopic (exact) mass is 487 g/mol. The molecular weight excluding hydrogens is 461 g/mol. The van der Waals surface area contributed by atoms with Gasteiger partial charge < -0.3 is 10.6 Å². The first-order valence-electron chi connectivity index (χ1n) is 11.6. The lowest BCUT2D eigenvalue weighted by molar-refractivity contribution is -0.130. The molecule has 0 saturated carbocycles. The summed E-state index contributed by atoms with van der Waals surface area (Å²) in [7, 11) is 0. The summed E-state index contributed by atoms with van der Waals surface area (Å²) in [4.78, 5) is 52.4. The van der Waals surface area contributed by atoms with Crippen LogP contribution in [0, 0.1) is 11.7 Å². The highest BCUT2D eigenvalue weighted by molar-refractivity contribution is 6.13. The fourth-order valence-electron chi connectivity index (χ4n) is 4.28. The zero-order valence-electron chi connectivity index (χ0n) is 20.0. The fourth-order valence-corrected chi connectivity index (χ4v) is 4.28. The van der Waals surface area contributed by atoms with Gasteiger partial charge in [-0.1, -0.05) is 74.5 Å². The van der Waals surface area contributed by atoms with Gasteiger partial charge in [-0.2, -0.15) is 0 Å². The van der Waals surface area contributed by atoms with Gasteiger partial charge in [0.05, 0.1) is 12.1 Å². The summed E-state index contributed by atoms with van der Waals surface area (Å²) in [6.07, 6.45) is 0.277. The van der Waals surface area contributed by atoms with Gasteiger partial charge in [0.25, 0.3) is 5.91 Å². The molecular formula is C28H26FN3O4. The summed E-state index contributed by atoms with van der Waals surface area (Å²) in [6, 6.07) is 20.5. The number of urea groups is 1. The van der Waals surface area contributed by atoms with Crippen LogP contribution in [-0.4, -0.2) is 35.1 Å². The van der Waals surface area contributed by atoms with E-state index in [9.17, 15) is 23.6 Å². The van der Waals surface area contributed by atoms with E-state index in [1.165, 1.54) is 12.1 Å². The highest BCUT2D eigenvalue weighted by atomic mass is 19.1. The predicted molar refractivity (Wildman–Crippen MR) is 133 cm³/mol. The van der Waals surface area contributed by atoms with Crippen LogP contribution in [0.15, 0.2) is 78.9 Å². The predicted octanol–water partition coefficient (Wildman–Crippen LogP) is 4.49. The number of carbonyl (C=O) groups excluding carboxylic acids is 4. The SMILES string of the molecule is CC(C)CC(=O)Nc1ccc(C(=O)CN2C(=O)NC(c3ccccc3)(c3ccccc3)C2=O)c(F)c1. The van der Waals surface area contributed by atoms with Crippen LogP contribution in [0.5, 0.6) is 0 Å². The fraction of sp³-hybridized carbons (Fsp3) is 0.214. The first-order valence-corrected chi connectivity index (χ1v) is 11.6. The number of hydrogen-bond acceptors (Lipinski definition) is 4. The first-order chi connectivity index (χ1) is 17.2. The third-order valence-electron chi connectivity index (χ3n) is 5.97. The molecule has 1 saturated heterocycles. The van der Waals surface area contributed by atoms with Crippen LogP contribution in [0.3, 0.4) is 0 Å². The molecule has 1 heterocycles. The molecule has 8 heteroatoms. The summed E-state index contributed by atoms with van der Waals surface area (Å²) >= 11 is 0. The summed E-state index contributed by atoms with van der Waals surface area (Å²) in [5.74, 6) is -2.35.